The summed E-state index contributed by atoms with van der Waals surface area (Å²) in [5, 5.41) is 4.73. The number of nitrogens with one attached hydrogen (secondary N) is 2. The molecule has 5 heteroatoms. The second-order valence-corrected chi connectivity index (χ2v) is 5.88. The Morgan fingerprint density at radius 3 is 2.46 bits per heavy atom. The van der Waals surface area contributed by atoms with Crippen molar-refractivity contribution in [2.45, 2.75) is 0 Å². The van der Waals surface area contributed by atoms with Crippen molar-refractivity contribution in [1.82, 2.24) is 9.97 Å². The molecule has 0 saturated heterocycles. The van der Waals surface area contributed by atoms with Crippen LogP contribution < -0.4 is 10.9 Å². The van der Waals surface area contributed by atoms with E-state index in [1.54, 1.807) is 30.7 Å². The van der Waals surface area contributed by atoms with E-state index in [0.717, 1.165) is 21.9 Å². The minimum atomic E-state index is -0.350. The Labute approximate surface area is 149 Å². The molecule has 0 aliphatic heterocycles. The van der Waals surface area contributed by atoms with Gasteiger partial charge >= 0.3 is 0 Å². The summed E-state index contributed by atoms with van der Waals surface area (Å²) in [6.07, 6.45) is 4.96. The Bertz CT molecular complexity index is 1150. The number of nitrogens with zero attached hydrogens (tertiary/aromatic N) is 1. The molecule has 26 heavy (non-hydrogen) atoms. The molecule has 2 N–H and O–H groups in total. The topological polar surface area (TPSA) is 74.8 Å². The van der Waals surface area contributed by atoms with Crippen LogP contribution in [0.1, 0.15) is 10.4 Å². The summed E-state index contributed by atoms with van der Waals surface area (Å²) in [5.41, 5.74) is 2.05. The molecule has 2 heterocycles. The summed E-state index contributed by atoms with van der Waals surface area (Å²) < 4.78 is 0. The number of pyridine rings is 2. The predicted molar refractivity (Wildman–Crippen MR) is 102 cm³/mol. The first-order valence-electron chi connectivity index (χ1n) is 8.14. The Morgan fingerprint density at radius 2 is 1.65 bits per heavy atom. The van der Waals surface area contributed by atoms with Crippen molar-refractivity contribution in [3.63, 3.8) is 0 Å². The van der Waals surface area contributed by atoms with Crippen molar-refractivity contribution in [1.29, 1.82) is 0 Å². The molecule has 4 rings (SSSR count). The molecular formula is C21H15N3O2. The number of aromatic amines is 1. The van der Waals surface area contributed by atoms with E-state index >= 15 is 0 Å². The van der Waals surface area contributed by atoms with Gasteiger partial charge in [0.05, 0.1) is 0 Å². The predicted octanol–water partition coefficient (Wildman–Crippen LogP) is 3.84. The first-order valence-corrected chi connectivity index (χ1v) is 8.14. The van der Waals surface area contributed by atoms with Crippen LogP contribution in [0.15, 0.2) is 84.0 Å². The van der Waals surface area contributed by atoms with E-state index in [0.29, 0.717) is 5.56 Å². The molecule has 0 spiro atoms. The van der Waals surface area contributed by atoms with Gasteiger partial charge in [0.25, 0.3) is 11.5 Å². The van der Waals surface area contributed by atoms with Gasteiger partial charge < -0.3 is 10.3 Å². The molecule has 0 saturated carbocycles. The van der Waals surface area contributed by atoms with Crippen LogP contribution in [0.4, 0.5) is 5.69 Å². The fourth-order valence-electron chi connectivity index (χ4n) is 2.81. The summed E-state index contributed by atoms with van der Waals surface area (Å²) in [6.45, 7) is 0. The Morgan fingerprint density at radius 1 is 0.885 bits per heavy atom. The van der Waals surface area contributed by atoms with Crippen LogP contribution in [-0.2, 0) is 0 Å². The SMILES string of the molecule is O=C(Nc1cc(-c2ccncc2)c[nH]c1=O)c1ccc2ccccc2c1. The van der Waals surface area contributed by atoms with Gasteiger partial charge in [-0.1, -0.05) is 30.3 Å². The summed E-state index contributed by atoms with van der Waals surface area (Å²) in [7, 11) is 0. The van der Waals surface area contributed by atoms with E-state index < -0.39 is 0 Å². The van der Waals surface area contributed by atoms with E-state index in [2.05, 4.69) is 15.3 Å². The van der Waals surface area contributed by atoms with Gasteiger partial charge in [-0.2, -0.15) is 0 Å². The average Bonchev–Trinajstić information content (AvgIpc) is 2.70. The number of hydrogen-bond donors (Lipinski definition) is 2. The number of amides is 1. The summed E-state index contributed by atoms with van der Waals surface area (Å²) in [5.74, 6) is -0.326. The van der Waals surface area contributed by atoms with Gasteiger partial charge in [-0.15, -0.1) is 0 Å². The van der Waals surface area contributed by atoms with Crippen molar-refractivity contribution in [2.75, 3.05) is 5.32 Å². The second kappa shape index (κ2) is 6.64. The van der Waals surface area contributed by atoms with E-state index in [4.69, 9.17) is 0 Å². The standard InChI is InChI=1S/C21H15N3O2/c25-20(17-6-5-14-3-1-2-4-16(14)11-17)24-19-12-18(13-23-21(19)26)15-7-9-22-10-8-15/h1-13H,(H,23,26)(H,24,25). The number of aromatic nitrogens is 2. The number of carbonyl (C=O) groups excluding carboxylic acids is 1. The lowest BCUT2D eigenvalue weighted by molar-refractivity contribution is 0.102. The normalized spacial score (nSPS) is 10.6. The first kappa shape index (κ1) is 15.8. The van der Waals surface area contributed by atoms with Crippen molar-refractivity contribution >= 4 is 22.4 Å². The molecular weight excluding hydrogens is 326 g/mol. The molecule has 0 unspecified atom stereocenters. The Balaban J connectivity index is 1.65. The zero-order chi connectivity index (χ0) is 17.9. The number of hydrogen-bond acceptors (Lipinski definition) is 3. The highest BCUT2D eigenvalue weighted by atomic mass is 16.2. The Kier molecular flexibility index (Phi) is 4.03. The highest BCUT2D eigenvalue weighted by molar-refractivity contribution is 6.06. The van der Waals surface area contributed by atoms with Crippen molar-refractivity contribution in [3.05, 3.63) is 95.2 Å². The minimum Gasteiger partial charge on any atom is -0.327 e. The van der Waals surface area contributed by atoms with Crippen LogP contribution >= 0.6 is 0 Å². The summed E-state index contributed by atoms with van der Waals surface area (Å²) in [6, 6.07) is 18.6. The van der Waals surface area contributed by atoms with Crippen LogP contribution in [0.25, 0.3) is 21.9 Å². The van der Waals surface area contributed by atoms with E-state index in [9.17, 15) is 9.59 Å². The van der Waals surface area contributed by atoms with Crippen LogP contribution in [0.3, 0.4) is 0 Å². The quantitative estimate of drug-likeness (QED) is 0.594. The number of rotatable bonds is 3. The van der Waals surface area contributed by atoms with Gasteiger partial charge in [-0.05, 0) is 46.7 Å². The first-order chi connectivity index (χ1) is 12.7. The van der Waals surface area contributed by atoms with Gasteiger partial charge in [-0.3, -0.25) is 14.6 Å². The van der Waals surface area contributed by atoms with E-state index in [-0.39, 0.29) is 17.2 Å². The zero-order valence-electron chi connectivity index (χ0n) is 13.8. The molecule has 1 amide bonds. The molecule has 5 nitrogen and oxygen atoms in total. The Hall–Kier alpha value is -3.73. The van der Waals surface area contributed by atoms with E-state index in [1.165, 1.54) is 0 Å². The van der Waals surface area contributed by atoms with Crippen LogP contribution in [-0.4, -0.2) is 15.9 Å². The molecule has 0 radical (unpaired) electrons. The smallest absolute Gasteiger partial charge is 0.271 e. The van der Waals surface area contributed by atoms with Crippen LogP contribution in [0.2, 0.25) is 0 Å². The number of fused-ring (bicyclic) bond motifs is 1. The third kappa shape index (κ3) is 3.10. The maximum atomic E-state index is 12.6. The molecule has 2 aromatic carbocycles. The maximum absolute atomic E-state index is 12.6. The largest absolute Gasteiger partial charge is 0.327 e. The van der Waals surface area contributed by atoms with Crippen LogP contribution in [0.5, 0.6) is 0 Å². The van der Waals surface area contributed by atoms with E-state index in [1.807, 2.05) is 48.5 Å². The number of benzene rings is 2. The van der Waals surface area contributed by atoms with Gasteiger partial charge in [0.2, 0.25) is 0 Å². The highest BCUT2D eigenvalue weighted by Gasteiger charge is 2.10. The van der Waals surface area contributed by atoms with Crippen LogP contribution in [0, 0.1) is 0 Å². The van der Waals surface area contributed by atoms with Gasteiger partial charge in [-0.25, -0.2) is 0 Å². The molecule has 0 aliphatic carbocycles. The lowest BCUT2D eigenvalue weighted by Gasteiger charge is -2.08. The summed E-state index contributed by atoms with van der Waals surface area (Å²) in [4.78, 5) is 31.3. The number of anilines is 1. The number of H-pyrrole nitrogens is 1. The maximum Gasteiger partial charge on any atom is 0.271 e. The monoisotopic (exact) mass is 341 g/mol. The lowest BCUT2D eigenvalue weighted by Crippen LogP contribution is -2.19. The number of carbonyl (C=O) groups is 1. The van der Waals surface area contributed by atoms with Crippen molar-refractivity contribution in [3.8, 4) is 11.1 Å². The molecule has 0 atom stereocenters. The molecule has 126 valence electrons. The minimum absolute atomic E-state index is 0.206. The molecule has 0 bridgehead atoms. The molecule has 4 aromatic rings. The lowest BCUT2D eigenvalue weighted by atomic mass is 10.1. The van der Waals surface area contributed by atoms with Gasteiger partial charge in [0, 0.05) is 29.7 Å². The fraction of sp³-hybridized carbons (Fsp3) is 0. The van der Waals surface area contributed by atoms with Gasteiger partial charge in [0.15, 0.2) is 0 Å². The molecule has 0 aliphatic rings. The average molecular weight is 341 g/mol. The highest BCUT2D eigenvalue weighted by Crippen LogP contribution is 2.20. The van der Waals surface area contributed by atoms with Crippen molar-refractivity contribution in [2.24, 2.45) is 0 Å². The van der Waals surface area contributed by atoms with Crippen molar-refractivity contribution < 1.29 is 4.79 Å². The molecule has 2 aromatic heterocycles. The third-order valence-corrected chi connectivity index (χ3v) is 4.18. The summed E-state index contributed by atoms with van der Waals surface area (Å²) >= 11 is 0. The molecule has 0 fully saturated rings. The fourth-order valence-corrected chi connectivity index (χ4v) is 2.81. The van der Waals surface area contributed by atoms with Gasteiger partial charge in [0.1, 0.15) is 5.69 Å². The third-order valence-electron chi connectivity index (χ3n) is 4.18. The second-order valence-electron chi connectivity index (χ2n) is 5.88. The zero-order valence-corrected chi connectivity index (χ0v) is 13.8.